The molecular formula is C26H42N2O2. The molecule has 0 N–H and O–H groups in total. The molecule has 30 heavy (non-hydrogen) atoms. The lowest BCUT2D eigenvalue weighted by molar-refractivity contribution is -0.147. The van der Waals surface area contributed by atoms with E-state index in [-0.39, 0.29) is 28.8 Å². The number of hydrogen-bond acceptors (Lipinski definition) is 3. The zero-order chi connectivity index (χ0) is 22.0. The predicted octanol–water partition coefficient (Wildman–Crippen LogP) is 4.89. The van der Waals surface area contributed by atoms with Gasteiger partial charge in [0.05, 0.1) is 0 Å². The molecule has 0 spiro atoms. The summed E-state index contributed by atoms with van der Waals surface area (Å²) in [5.74, 6) is 2.74. The molecule has 4 rings (SSSR count). The van der Waals surface area contributed by atoms with E-state index in [0.29, 0.717) is 35.9 Å². The molecule has 3 fully saturated rings. The number of hydrogen-bond donors (Lipinski definition) is 0. The summed E-state index contributed by atoms with van der Waals surface area (Å²) in [6, 6.07) is 0.507. The van der Waals surface area contributed by atoms with Gasteiger partial charge in [-0.3, -0.25) is 9.59 Å². The van der Waals surface area contributed by atoms with Crippen molar-refractivity contribution in [3.05, 3.63) is 11.8 Å². The largest absolute Gasteiger partial charge is 0.377 e. The second-order valence-electron chi connectivity index (χ2n) is 11.8. The van der Waals surface area contributed by atoms with Gasteiger partial charge in [-0.1, -0.05) is 13.8 Å². The summed E-state index contributed by atoms with van der Waals surface area (Å²) in [6.45, 7) is 14.5. The Hall–Kier alpha value is -1.32. The van der Waals surface area contributed by atoms with Crippen LogP contribution in [-0.4, -0.2) is 47.2 Å². The highest BCUT2D eigenvalue weighted by Gasteiger charge is 2.61. The fourth-order valence-corrected chi connectivity index (χ4v) is 8.26. The number of nitrogens with zero attached hydrogens (tertiary/aromatic N) is 2. The van der Waals surface area contributed by atoms with Crippen LogP contribution in [0, 0.1) is 34.5 Å². The first kappa shape index (κ1) is 21.9. The molecule has 0 radical (unpaired) electrons. The average Bonchev–Trinajstić information content (AvgIpc) is 3.00. The summed E-state index contributed by atoms with van der Waals surface area (Å²) in [4.78, 5) is 30.4. The maximum absolute atomic E-state index is 13.7. The monoisotopic (exact) mass is 414 g/mol. The minimum atomic E-state index is 0.114. The van der Waals surface area contributed by atoms with Crippen molar-refractivity contribution < 1.29 is 9.59 Å². The van der Waals surface area contributed by atoms with Gasteiger partial charge in [0.2, 0.25) is 5.91 Å². The maximum atomic E-state index is 13.7. The van der Waals surface area contributed by atoms with Crippen molar-refractivity contribution in [3.8, 4) is 0 Å². The second-order valence-corrected chi connectivity index (χ2v) is 11.8. The first-order chi connectivity index (χ1) is 14.0. The van der Waals surface area contributed by atoms with Crippen LogP contribution in [0.15, 0.2) is 11.8 Å². The average molecular weight is 415 g/mol. The number of ketones is 1. The molecule has 0 aromatic heterocycles. The number of allylic oxidation sites excluding steroid dienone is 2. The first-order valence-corrected chi connectivity index (χ1v) is 12.3. The molecular weight excluding hydrogens is 372 g/mol. The van der Waals surface area contributed by atoms with Crippen molar-refractivity contribution >= 4 is 11.7 Å². The van der Waals surface area contributed by atoms with Gasteiger partial charge < -0.3 is 9.80 Å². The standard InChI is InChI=1S/C26H42N2O2/c1-16(2)28(17(3)4)24(30)22-9-8-20-19-15-27(7)23-14-18(29)10-12-26(23,6)21(19)11-13-25(20,22)5/h14,16-17,19-22H,8-13,15H2,1-7H3/t19-,20-,21+,22?,25-,26+/m0/s1. The van der Waals surface area contributed by atoms with Crippen LogP contribution in [0.25, 0.3) is 0 Å². The number of piperidine rings is 1. The van der Waals surface area contributed by atoms with Crippen LogP contribution in [0.4, 0.5) is 0 Å². The lowest BCUT2D eigenvalue weighted by Crippen LogP contribution is -2.58. The van der Waals surface area contributed by atoms with E-state index in [1.54, 1.807) is 0 Å². The Bertz CT molecular complexity index is 748. The van der Waals surface area contributed by atoms with E-state index in [9.17, 15) is 9.59 Å². The number of likely N-dealkylation sites (tertiary alicyclic amines) is 1. The fraction of sp³-hybridized carbons (Fsp3) is 0.846. The van der Waals surface area contributed by atoms with Gasteiger partial charge >= 0.3 is 0 Å². The summed E-state index contributed by atoms with van der Waals surface area (Å²) >= 11 is 0. The topological polar surface area (TPSA) is 40.6 Å². The van der Waals surface area contributed by atoms with Crippen molar-refractivity contribution in [1.29, 1.82) is 0 Å². The summed E-state index contributed by atoms with van der Waals surface area (Å²) in [5.41, 5.74) is 1.51. The third-order valence-corrected chi connectivity index (χ3v) is 9.59. The van der Waals surface area contributed by atoms with Crippen LogP contribution in [-0.2, 0) is 9.59 Å². The zero-order valence-corrected chi connectivity index (χ0v) is 20.2. The first-order valence-electron chi connectivity index (χ1n) is 12.3. The van der Waals surface area contributed by atoms with Gasteiger partial charge in [-0.25, -0.2) is 0 Å². The molecule has 3 aliphatic carbocycles. The van der Waals surface area contributed by atoms with Gasteiger partial charge in [-0.05, 0) is 83.0 Å². The summed E-state index contributed by atoms with van der Waals surface area (Å²) in [6.07, 6.45) is 8.19. The molecule has 168 valence electrons. The highest BCUT2D eigenvalue weighted by Crippen LogP contribution is 2.65. The molecule has 4 aliphatic rings. The minimum Gasteiger partial charge on any atom is -0.377 e. The van der Waals surface area contributed by atoms with E-state index in [2.05, 4.69) is 58.4 Å². The quantitative estimate of drug-likeness (QED) is 0.660. The number of fused-ring (bicyclic) bond motifs is 5. The third-order valence-electron chi connectivity index (χ3n) is 9.59. The van der Waals surface area contributed by atoms with Crippen molar-refractivity contribution in [2.75, 3.05) is 13.6 Å². The van der Waals surface area contributed by atoms with Crippen LogP contribution in [0.5, 0.6) is 0 Å². The van der Waals surface area contributed by atoms with E-state index in [0.717, 1.165) is 25.8 Å². The summed E-state index contributed by atoms with van der Waals surface area (Å²) in [5, 5.41) is 0. The Morgan fingerprint density at radius 3 is 2.37 bits per heavy atom. The molecule has 1 saturated heterocycles. The van der Waals surface area contributed by atoms with E-state index >= 15 is 0 Å². The van der Waals surface area contributed by atoms with Crippen LogP contribution in [0.2, 0.25) is 0 Å². The van der Waals surface area contributed by atoms with Crippen LogP contribution < -0.4 is 0 Å². The molecule has 1 aliphatic heterocycles. The number of amides is 1. The van der Waals surface area contributed by atoms with Crippen molar-refractivity contribution in [1.82, 2.24) is 9.80 Å². The SMILES string of the molecule is CC(C)N(C(=O)C1CC[C@H]2[C@@H]3CN(C)C4=CC(=O)CC[C@]4(C)[C@@H]3CC[C@]12C)C(C)C. The highest BCUT2D eigenvalue weighted by molar-refractivity contribution is 5.91. The van der Waals surface area contributed by atoms with E-state index in [4.69, 9.17) is 0 Å². The van der Waals surface area contributed by atoms with Gasteiger partial charge in [0, 0.05) is 55.2 Å². The lowest BCUT2D eigenvalue weighted by atomic mass is 9.49. The molecule has 2 saturated carbocycles. The number of carbonyl (C=O) groups excluding carboxylic acids is 2. The molecule has 4 nitrogen and oxygen atoms in total. The Morgan fingerprint density at radius 2 is 1.73 bits per heavy atom. The van der Waals surface area contributed by atoms with Gasteiger partial charge in [-0.15, -0.1) is 0 Å². The second kappa shape index (κ2) is 7.38. The number of carbonyl (C=O) groups is 2. The van der Waals surface area contributed by atoms with Crippen LogP contribution in [0.3, 0.4) is 0 Å². The van der Waals surface area contributed by atoms with Crippen molar-refractivity contribution in [2.45, 2.75) is 92.2 Å². The normalized spacial score (nSPS) is 40.8. The van der Waals surface area contributed by atoms with E-state index in [1.807, 2.05) is 6.08 Å². The van der Waals surface area contributed by atoms with Gasteiger partial charge in [0.15, 0.2) is 5.78 Å². The molecule has 0 bridgehead atoms. The van der Waals surface area contributed by atoms with Crippen LogP contribution >= 0.6 is 0 Å². The smallest absolute Gasteiger partial charge is 0.226 e. The molecule has 0 aromatic carbocycles. The molecule has 1 unspecified atom stereocenters. The third kappa shape index (κ3) is 3.07. The van der Waals surface area contributed by atoms with E-state index < -0.39 is 0 Å². The molecule has 1 amide bonds. The Kier molecular flexibility index (Phi) is 5.38. The predicted molar refractivity (Wildman–Crippen MR) is 121 cm³/mol. The molecule has 4 heteroatoms. The maximum Gasteiger partial charge on any atom is 0.226 e. The van der Waals surface area contributed by atoms with Gasteiger partial charge in [0.25, 0.3) is 0 Å². The van der Waals surface area contributed by atoms with E-state index in [1.165, 1.54) is 18.5 Å². The Balaban J connectivity index is 1.63. The van der Waals surface area contributed by atoms with Crippen molar-refractivity contribution in [2.24, 2.45) is 34.5 Å². The molecule has 1 heterocycles. The van der Waals surface area contributed by atoms with Crippen LogP contribution in [0.1, 0.15) is 80.1 Å². The van der Waals surface area contributed by atoms with Gasteiger partial charge in [0.1, 0.15) is 0 Å². The Labute approximate surface area is 183 Å². The summed E-state index contributed by atoms with van der Waals surface area (Å²) in [7, 11) is 2.18. The fourth-order valence-electron chi connectivity index (χ4n) is 8.26. The minimum absolute atomic E-state index is 0.114. The highest BCUT2D eigenvalue weighted by atomic mass is 16.2. The Morgan fingerprint density at radius 1 is 1.07 bits per heavy atom. The molecule has 0 aromatic rings. The van der Waals surface area contributed by atoms with Crippen molar-refractivity contribution in [3.63, 3.8) is 0 Å². The van der Waals surface area contributed by atoms with Gasteiger partial charge in [-0.2, -0.15) is 0 Å². The molecule has 6 atom stereocenters. The zero-order valence-electron chi connectivity index (χ0n) is 20.2. The lowest BCUT2D eigenvalue weighted by Gasteiger charge is -2.60. The number of rotatable bonds is 3. The summed E-state index contributed by atoms with van der Waals surface area (Å²) < 4.78 is 0.